The minimum atomic E-state index is -3.24. The van der Waals surface area contributed by atoms with Gasteiger partial charge in [0.1, 0.15) is 17.5 Å². The minimum Gasteiger partial charge on any atom is -0.490 e. The lowest BCUT2D eigenvalue weighted by Gasteiger charge is -2.58. The van der Waals surface area contributed by atoms with E-state index in [4.69, 9.17) is 21.1 Å². The maximum Gasteiger partial charge on any atom is 0.410 e. The molecule has 1 saturated heterocycles. The fourth-order valence-corrected chi connectivity index (χ4v) is 4.23. The lowest BCUT2D eigenvalue weighted by atomic mass is 9.62. The quantitative estimate of drug-likeness (QED) is 0.263. The van der Waals surface area contributed by atoms with Gasteiger partial charge in [-0.2, -0.15) is 8.78 Å². The van der Waals surface area contributed by atoms with Gasteiger partial charge < -0.3 is 19.3 Å². The van der Waals surface area contributed by atoms with Gasteiger partial charge in [0.2, 0.25) is 0 Å². The number of likely N-dealkylation sites (tertiary alicyclic amines) is 1. The molecule has 1 spiro atoms. The number of hydrogen-bond acceptors (Lipinski definition) is 5. The van der Waals surface area contributed by atoms with Crippen molar-refractivity contribution in [1.82, 2.24) is 9.80 Å². The molecule has 6 nitrogen and oxygen atoms in total. The van der Waals surface area contributed by atoms with Crippen LogP contribution in [-0.2, 0) is 4.74 Å². The topological polar surface area (TPSA) is 59.1 Å². The largest absolute Gasteiger partial charge is 0.490 e. The van der Waals surface area contributed by atoms with Crippen LogP contribution in [0.2, 0.25) is 5.02 Å². The summed E-state index contributed by atoms with van der Waals surface area (Å²) in [5, 5.41) is 0.206. The third-order valence-corrected chi connectivity index (χ3v) is 6.38. The Hall–Kier alpha value is -1.87. The zero-order valence-corrected chi connectivity index (χ0v) is 20.7. The number of aldehydes is 1. The second kappa shape index (κ2) is 8.82. The van der Waals surface area contributed by atoms with Crippen LogP contribution in [-0.4, -0.2) is 59.0 Å². The van der Waals surface area contributed by atoms with Gasteiger partial charge in [-0.15, -0.1) is 0 Å². The number of carbonyl (C=O) groups is 2. The summed E-state index contributed by atoms with van der Waals surface area (Å²) in [7, 11) is 1.19. The number of benzene rings is 1. The van der Waals surface area contributed by atoms with Gasteiger partial charge >= 0.3 is 11.0 Å². The molecular weight excluding hydrogens is 510 g/mol. The van der Waals surface area contributed by atoms with Gasteiger partial charge in [0.15, 0.2) is 6.29 Å². The van der Waals surface area contributed by atoms with E-state index in [1.54, 1.807) is 17.0 Å². The van der Waals surface area contributed by atoms with E-state index < -0.39 is 10.6 Å². The fourth-order valence-electron chi connectivity index (χ4n) is 3.90. The van der Waals surface area contributed by atoms with Crippen LogP contribution in [0.3, 0.4) is 0 Å². The van der Waals surface area contributed by atoms with E-state index in [0.29, 0.717) is 35.6 Å². The summed E-state index contributed by atoms with van der Waals surface area (Å²) in [6.45, 7) is 6.71. The average molecular weight is 536 g/mol. The highest BCUT2D eigenvalue weighted by molar-refractivity contribution is 9.09. The summed E-state index contributed by atoms with van der Waals surface area (Å²) >= 11 is 8.40. The van der Waals surface area contributed by atoms with E-state index in [0.717, 1.165) is 19.0 Å². The van der Waals surface area contributed by atoms with Gasteiger partial charge in [0, 0.05) is 58.8 Å². The van der Waals surface area contributed by atoms with E-state index >= 15 is 0 Å². The summed E-state index contributed by atoms with van der Waals surface area (Å²) in [5.74, 6) is 0.391. The predicted molar refractivity (Wildman–Crippen MR) is 121 cm³/mol. The van der Waals surface area contributed by atoms with Gasteiger partial charge in [0.25, 0.3) is 0 Å². The summed E-state index contributed by atoms with van der Waals surface area (Å²) in [5.41, 5.74) is -0.0239. The third kappa shape index (κ3) is 5.54. The van der Waals surface area contributed by atoms with Crippen molar-refractivity contribution < 1.29 is 27.8 Å². The molecule has 1 aliphatic carbocycles. The number of halogens is 4. The Labute approximate surface area is 199 Å². The lowest BCUT2D eigenvalue weighted by Crippen LogP contribution is -2.66. The van der Waals surface area contributed by atoms with Crippen LogP contribution in [0.15, 0.2) is 18.3 Å². The standard InChI is InChI=1S/C22H26BrClF2N2O4/c1-20(2,3)32-19(30)28-12-21(13-28)9-14(10-21)31-18-6-5-17(24)16(11-29)15(18)7-8-27(4)22(23,25)26/h5-8,11,14H,9-10,12-13H2,1-4H3/b8-7-. The molecule has 176 valence electrons. The van der Waals surface area contributed by atoms with Gasteiger partial charge in [-0.1, -0.05) is 11.6 Å². The monoisotopic (exact) mass is 534 g/mol. The van der Waals surface area contributed by atoms with Crippen molar-refractivity contribution in [1.29, 1.82) is 0 Å². The first-order valence-electron chi connectivity index (χ1n) is 10.1. The van der Waals surface area contributed by atoms with Crippen molar-refractivity contribution in [2.75, 3.05) is 20.1 Å². The number of hydrogen-bond donors (Lipinski definition) is 0. The van der Waals surface area contributed by atoms with E-state index in [1.165, 1.54) is 13.1 Å². The molecule has 1 aliphatic heterocycles. The van der Waals surface area contributed by atoms with Gasteiger partial charge in [0.05, 0.1) is 5.02 Å². The van der Waals surface area contributed by atoms with Crippen LogP contribution < -0.4 is 4.74 Å². The van der Waals surface area contributed by atoms with Gasteiger partial charge in [-0.3, -0.25) is 4.79 Å². The minimum absolute atomic E-state index is 0.00965. The molecular formula is C22H26BrClF2N2O4. The van der Waals surface area contributed by atoms with Crippen LogP contribution >= 0.6 is 27.5 Å². The smallest absolute Gasteiger partial charge is 0.410 e. The molecule has 1 saturated carbocycles. The van der Waals surface area contributed by atoms with Crippen molar-refractivity contribution in [2.45, 2.75) is 50.3 Å². The second-order valence-electron chi connectivity index (χ2n) is 9.37. The van der Waals surface area contributed by atoms with Gasteiger partial charge in [-0.25, -0.2) is 4.79 Å². The highest BCUT2D eigenvalue weighted by atomic mass is 79.9. The molecule has 1 heterocycles. The Morgan fingerprint density at radius 3 is 2.44 bits per heavy atom. The molecule has 10 heteroatoms. The molecule has 1 aromatic rings. The van der Waals surface area contributed by atoms with Crippen LogP contribution in [0.4, 0.5) is 13.6 Å². The van der Waals surface area contributed by atoms with Crippen LogP contribution in [0.5, 0.6) is 5.75 Å². The summed E-state index contributed by atoms with van der Waals surface area (Å²) in [4.78, 5) is 22.8. The highest BCUT2D eigenvalue weighted by Crippen LogP contribution is 2.50. The van der Waals surface area contributed by atoms with E-state index in [2.05, 4.69) is 15.9 Å². The normalized spacial score (nSPS) is 18.3. The molecule has 3 rings (SSSR count). The van der Waals surface area contributed by atoms with Crippen molar-refractivity contribution in [2.24, 2.45) is 5.41 Å². The first-order chi connectivity index (χ1) is 14.7. The van der Waals surface area contributed by atoms with Crippen molar-refractivity contribution in [3.8, 4) is 5.75 Å². The molecule has 1 aromatic carbocycles. The molecule has 2 fully saturated rings. The summed E-state index contributed by atoms with van der Waals surface area (Å²) in [6, 6.07) is 3.17. The molecule has 0 unspecified atom stereocenters. The molecule has 0 aromatic heterocycles. The number of rotatable bonds is 6. The first-order valence-corrected chi connectivity index (χ1v) is 11.3. The van der Waals surface area contributed by atoms with Crippen LogP contribution in [0, 0.1) is 5.41 Å². The van der Waals surface area contributed by atoms with Crippen LogP contribution in [0.1, 0.15) is 49.5 Å². The van der Waals surface area contributed by atoms with E-state index in [-0.39, 0.29) is 28.2 Å². The Morgan fingerprint density at radius 1 is 1.28 bits per heavy atom. The Balaban J connectivity index is 1.65. The molecule has 0 atom stereocenters. The molecule has 32 heavy (non-hydrogen) atoms. The molecule has 0 N–H and O–H groups in total. The average Bonchev–Trinajstić information content (AvgIpc) is 2.59. The number of alkyl halides is 3. The van der Waals surface area contributed by atoms with Crippen molar-refractivity contribution in [3.63, 3.8) is 0 Å². The summed E-state index contributed by atoms with van der Waals surface area (Å²) < 4.78 is 38.3. The predicted octanol–water partition coefficient (Wildman–Crippen LogP) is 5.78. The molecule has 0 radical (unpaired) electrons. The van der Waals surface area contributed by atoms with Crippen molar-refractivity contribution >= 4 is 46.0 Å². The Morgan fingerprint density at radius 2 is 1.91 bits per heavy atom. The third-order valence-electron chi connectivity index (χ3n) is 5.50. The van der Waals surface area contributed by atoms with E-state index in [9.17, 15) is 18.4 Å². The summed E-state index contributed by atoms with van der Waals surface area (Å²) in [6.07, 6.45) is 4.16. The number of ether oxygens (including phenoxy) is 2. The molecule has 1 amide bonds. The second-order valence-corrected chi connectivity index (χ2v) is 10.7. The Bertz CT molecular complexity index is 916. The number of carbonyl (C=O) groups excluding carboxylic acids is 2. The molecule has 2 aliphatic rings. The fraction of sp³-hybridized carbons (Fsp3) is 0.545. The zero-order chi connectivity index (χ0) is 23.9. The van der Waals surface area contributed by atoms with Crippen LogP contribution in [0.25, 0.3) is 6.08 Å². The van der Waals surface area contributed by atoms with Gasteiger partial charge in [-0.05, 0) is 51.8 Å². The highest BCUT2D eigenvalue weighted by Gasteiger charge is 2.55. The number of amides is 1. The van der Waals surface area contributed by atoms with Crippen molar-refractivity contribution in [3.05, 3.63) is 34.5 Å². The maximum absolute atomic E-state index is 13.4. The number of nitrogens with zero attached hydrogens (tertiary/aromatic N) is 2. The first kappa shape index (κ1) is 24.8. The van der Waals surface area contributed by atoms with E-state index in [1.807, 2.05) is 20.8 Å². The maximum atomic E-state index is 13.4. The SMILES string of the molecule is CN(/C=C\c1c(OC2CC3(C2)CN(C(=O)OC(C)(C)C)C3)ccc(Cl)c1C=O)C(F)(F)Br. The lowest BCUT2D eigenvalue weighted by molar-refractivity contribution is -0.116. The zero-order valence-electron chi connectivity index (χ0n) is 18.3. The Kier molecular flexibility index (Phi) is 6.82. The molecule has 0 bridgehead atoms.